The Labute approximate surface area is 128 Å². The van der Waals surface area contributed by atoms with Crippen molar-refractivity contribution in [2.24, 2.45) is 0 Å². The minimum absolute atomic E-state index is 0.170. The lowest BCUT2D eigenvalue weighted by atomic mass is 10.2. The van der Waals surface area contributed by atoms with Crippen molar-refractivity contribution in [1.29, 1.82) is 0 Å². The number of aryl methyl sites for hydroxylation is 2. The van der Waals surface area contributed by atoms with Crippen LogP contribution in [0.1, 0.15) is 24.9 Å². The number of anilines is 2. The minimum Gasteiger partial charge on any atom is -0.324 e. The molecule has 114 valence electrons. The van der Waals surface area contributed by atoms with Gasteiger partial charge in [-0.3, -0.25) is 14.6 Å². The molecule has 2 aromatic rings. The van der Waals surface area contributed by atoms with E-state index in [1.54, 1.807) is 31.5 Å². The number of hydrogen-bond acceptors (Lipinski definition) is 5. The number of rotatable bonds is 5. The normalized spacial score (nSPS) is 10.1. The van der Waals surface area contributed by atoms with Crippen LogP contribution in [0.2, 0.25) is 0 Å². The first-order valence-electron chi connectivity index (χ1n) is 6.84. The van der Waals surface area contributed by atoms with E-state index >= 15 is 0 Å². The monoisotopic (exact) mass is 299 g/mol. The summed E-state index contributed by atoms with van der Waals surface area (Å²) in [5.74, 6) is 0.298. The predicted octanol–water partition coefficient (Wildman–Crippen LogP) is 1.71. The van der Waals surface area contributed by atoms with Crippen LogP contribution in [-0.4, -0.2) is 26.8 Å². The Bertz CT molecular complexity index is 687. The molecule has 22 heavy (non-hydrogen) atoms. The zero-order valence-corrected chi connectivity index (χ0v) is 12.5. The molecule has 0 spiro atoms. The van der Waals surface area contributed by atoms with Crippen molar-refractivity contribution in [2.45, 2.75) is 26.7 Å². The highest BCUT2D eigenvalue weighted by Crippen LogP contribution is 2.19. The van der Waals surface area contributed by atoms with E-state index in [4.69, 9.17) is 0 Å². The van der Waals surface area contributed by atoms with Crippen molar-refractivity contribution in [2.75, 3.05) is 10.6 Å². The average molecular weight is 299 g/mol. The second kappa shape index (κ2) is 7.26. The summed E-state index contributed by atoms with van der Waals surface area (Å²) < 4.78 is 0. The standard InChI is InChI=1S/C15H17N5O2/c1-10-17-8-5-12(18-10)3-4-15(22)20-14-9-16-7-6-13(14)19-11(2)21/h5-9H,3-4H2,1-2H3,(H,20,22)(H,16,19,21). The van der Waals surface area contributed by atoms with E-state index in [1.807, 2.05) is 0 Å². The number of hydrogen-bond donors (Lipinski definition) is 2. The van der Waals surface area contributed by atoms with Crippen molar-refractivity contribution in [3.63, 3.8) is 0 Å². The Kier molecular flexibility index (Phi) is 5.13. The molecule has 2 N–H and O–H groups in total. The van der Waals surface area contributed by atoms with Gasteiger partial charge in [0.2, 0.25) is 11.8 Å². The van der Waals surface area contributed by atoms with Gasteiger partial charge in [-0.15, -0.1) is 0 Å². The van der Waals surface area contributed by atoms with Gasteiger partial charge in [0.25, 0.3) is 0 Å². The summed E-state index contributed by atoms with van der Waals surface area (Å²) in [5.41, 5.74) is 1.81. The van der Waals surface area contributed by atoms with Crippen LogP contribution >= 0.6 is 0 Å². The summed E-state index contributed by atoms with van der Waals surface area (Å²) >= 11 is 0. The van der Waals surface area contributed by atoms with Gasteiger partial charge in [-0.1, -0.05) is 0 Å². The van der Waals surface area contributed by atoms with E-state index in [0.29, 0.717) is 23.6 Å². The number of carbonyl (C=O) groups excluding carboxylic acids is 2. The first-order chi connectivity index (χ1) is 10.5. The van der Waals surface area contributed by atoms with Crippen LogP contribution in [0.15, 0.2) is 30.7 Å². The molecule has 2 aromatic heterocycles. The molecule has 0 bridgehead atoms. The van der Waals surface area contributed by atoms with Gasteiger partial charge in [0.1, 0.15) is 5.82 Å². The maximum absolute atomic E-state index is 12.0. The molecule has 0 atom stereocenters. The third-order valence-electron chi connectivity index (χ3n) is 2.85. The first kappa shape index (κ1) is 15.6. The highest BCUT2D eigenvalue weighted by molar-refractivity contribution is 5.98. The Morgan fingerprint density at radius 3 is 2.68 bits per heavy atom. The topological polar surface area (TPSA) is 96.9 Å². The van der Waals surface area contributed by atoms with Crippen molar-refractivity contribution < 1.29 is 9.59 Å². The van der Waals surface area contributed by atoms with Crippen molar-refractivity contribution in [3.05, 3.63) is 42.2 Å². The average Bonchev–Trinajstić information content (AvgIpc) is 2.47. The summed E-state index contributed by atoms with van der Waals surface area (Å²) in [6.07, 6.45) is 5.52. The minimum atomic E-state index is -0.210. The molecule has 0 aliphatic rings. The molecule has 0 saturated carbocycles. The van der Waals surface area contributed by atoms with Gasteiger partial charge >= 0.3 is 0 Å². The summed E-state index contributed by atoms with van der Waals surface area (Å²) in [6.45, 7) is 3.21. The SMILES string of the molecule is CC(=O)Nc1ccncc1NC(=O)CCc1ccnc(C)n1. The number of nitrogens with one attached hydrogen (secondary N) is 2. The molecular formula is C15H17N5O2. The van der Waals surface area contributed by atoms with Gasteiger partial charge < -0.3 is 10.6 Å². The van der Waals surface area contributed by atoms with Gasteiger partial charge in [0, 0.05) is 31.4 Å². The molecule has 2 amide bonds. The van der Waals surface area contributed by atoms with Gasteiger partial charge in [0.05, 0.1) is 17.6 Å². The molecule has 7 heteroatoms. The molecule has 0 aliphatic heterocycles. The fraction of sp³-hybridized carbons (Fsp3) is 0.267. The third-order valence-corrected chi connectivity index (χ3v) is 2.85. The van der Waals surface area contributed by atoms with Crippen LogP contribution in [0.3, 0.4) is 0 Å². The first-order valence-corrected chi connectivity index (χ1v) is 6.84. The van der Waals surface area contributed by atoms with E-state index in [9.17, 15) is 9.59 Å². The Morgan fingerprint density at radius 2 is 1.95 bits per heavy atom. The van der Waals surface area contributed by atoms with Crippen LogP contribution in [0.5, 0.6) is 0 Å². The van der Waals surface area contributed by atoms with Crippen molar-refractivity contribution in [3.8, 4) is 0 Å². The summed E-state index contributed by atoms with van der Waals surface area (Å²) in [6, 6.07) is 3.41. The molecule has 7 nitrogen and oxygen atoms in total. The lowest BCUT2D eigenvalue weighted by Crippen LogP contribution is -2.16. The fourth-order valence-corrected chi connectivity index (χ4v) is 1.89. The molecule has 0 saturated heterocycles. The molecule has 2 heterocycles. The van der Waals surface area contributed by atoms with Crippen molar-refractivity contribution >= 4 is 23.2 Å². The quantitative estimate of drug-likeness (QED) is 0.876. The second-order valence-corrected chi connectivity index (χ2v) is 4.75. The number of pyridine rings is 1. The van der Waals surface area contributed by atoms with Gasteiger partial charge in [-0.2, -0.15) is 0 Å². The zero-order valence-electron chi connectivity index (χ0n) is 12.5. The fourth-order valence-electron chi connectivity index (χ4n) is 1.89. The Morgan fingerprint density at radius 1 is 1.14 bits per heavy atom. The molecule has 0 aliphatic carbocycles. The maximum Gasteiger partial charge on any atom is 0.224 e. The summed E-state index contributed by atoms with van der Waals surface area (Å²) in [5, 5.41) is 5.39. The smallest absolute Gasteiger partial charge is 0.224 e. The zero-order chi connectivity index (χ0) is 15.9. The molecule has 0 aromatic carbocycles. The van der Waals surface area contributed by atoms with E-state index < -0.39 is 0 Å². The van der Waals surface area contributed by atoms with Crippen LogP contribution in [0.4, 0.5) is 11.4 Å². The number of carbonyl (C=O) groups is 2. The number of aromatic nitrogens is 3. The molecule has 0 unspecified atom stereocenters. The summed E-state index contributed by atoms with van der Waals surface area (Å²) in [7, 11) is 0. The number of amides is 2. The van der Waals surface area contributed by atoms with E-state index in [1.165, 1.54) is 13.1 Å². The lowest BCUT2D eigenvalue weighted by Gasteiger charge is -2.10. The number of nitrogens with zero attached hydrogens (tertiary/aromatic N) is 3. The predicted molar refractivity (Wildman–Crippen MR) is 82.3 cm³/mol. The highest BCUT2D eigenvalue weighted by Gasteiger charge is 2.09. The molecule has 0 fully saturated rings. The summed E-state index contributed by atoms with van der Waals surface area (Å²) in [4.78, 5) is 35.4. The van der Waals surface area contributed by atoms with E-state index in [2.05, 4.69) is 25.6 Å². The van der Waals surface area contributed by atoms with Crippen LogP contribution < -0.4 is 10.6 Å². The Hall–Kier alpha value is -2.83. The van der Waals surface area contributed by atoms with Crippen molar-refractivity contribution in [1.82, 2.24) is 15.0 Å². The van der Waals surface area contributed by atoms with Crippen LogP contribution in [-0.2, 0) is 16.0 Å². The van der Waals surface area contributed by atoms with Gasteiger partial charge in [-0.05, 0) is 25.5 Å². The van der Waals surface area contributed by atoms with Crippen LogP contribution in [0.25, 0.3) is 0 Å². The molecule has 2 rings (SSSR count). The van der Waals surface area contributed by atoms with Gasteiger partial charge in [-0.25, -0.2) is 9.97 Å². The molecule has 0 radical (unpaired) electrons. The lowest BCUT2D eigenvalue weighted by molar-refractivity contribution is -0.116. The molecular weight excluding hydrogens is 282 g/mol. The Balaban J connectivity index is 1.96. The van der Waals surface area contributed by atoms with E-state index in [-0.39, 0.29) is 18.2 Å². The maximum atomic E-state index is 12.0. The van der Waals surface area contributed by atoms with Crippen LogP contribution in [0, 0.1) is 6.92 Å². The van der Waals surface area contributed by atoms with Gasteiger partial charge in [0.15, 0.2) is 0 Å². The van der Waals surface area contributed by atoms with E-state index in [0.717, 1.165) is 5.69 Å². The third kappa shape index (κ3) is 4.62. The highest BCUT2D eigenvalue weighted by atomic mass is 16.2. The second-order valence-electron chi connectivity index (χ2n) is 4.75. The largest absolute Gasteiger partial charge is 0.324 e.